The Bertz CT molecular complexity index is 628. The van der Waals surface area contributed by atoms with Gasteiger partial charge in [0.15, 0.2) is 0 Å². The summed E-state index contributed by atoms with van der Waals surface area (Å²) in [7, 11) is 0. The molecule has 0 unspecified atom stereocenters. The first-order valence-electron chi connectivity index (χ1n) is 6.37. The van der Waals surface area contributed by atoms with Crippen LogP contribution in [-0.2, 0) is 6.67 Å². The summed E-state index contributed by atoms with van der Waals surface area (Å²) < 4.78 is 4.45. The normalized spacial score (nSPS) is 16.1. The number of benzene rings is 1. The molecule has 19 heavy (non-hydrogen) atoms. The maximum absolute atomic E-state index is 6.01. The molecule has 0 amide bonds. The maximum Gasteiger partial charge on any atom is 0.203 e. The van der Waals surface area contributed by atoms with Crippen LogP contribution in [0.5, 0.6) is 0 Å². The zero-order valence-corrected chi connectivity index (χ0v) is 12.1. The van der Waals surface area contributed by atoms with Gasteiger partial charge in [-0.05, 0) is 56.3 Å². The zero-order chi connectivity index (χ0) is 13.2. The summed E-state index contributed by atoms with van der Waals surface area (Å²) in [4.78, 5) is 2.37. The minimum atomic E-state index is 0.701. The van der Waals surface area contributed by atoms with Crippen LogP contribution in [-0.4, -0.2) is 32.3 Å². The van der Waals surface area contributed by atoms with Gasteiger partial charge in [0.2, 0.25) is 4.77 Å². The van der Waals surface area contributed by atoms with Gasteiger partial charge < -0.3 is 0 Å². The Morgan fingerprint density at radius 3 is 2.79 bits per heavy atom. The van der Waals surface area contributed by atoms with E-state index in [0.29, 0.717) is 9.79 Å². The molecule has 0 aliphatic carbocycles. The molecule has 0 saturated carbocycles. The molecule has 2 aromatic rings. The van der Waals surface area contributed by atoms with Crippen LogP contribution in [0.1, 0.15) is 12.8 Å². The van der Waals surface area contributed by atoms with Gasteiger partial charge in [-0.15, -0.1) is 0 Å². The van der Waals surface area contributed by atoms with Crippen molar-refractivity contribution in [2.75, 3.05) is 13.1 Å². The smallest absolute Gasteiger partial charge is 0.203 e. The Kier molecular flexibility index (Phi) is 3.68. The fourth-order valence-corrected chi connectivity index (χ4v) is 2.79. The lowest BCUT2D eigenvalue weighted by Gasteiger charge is -2.13. The number of rotatable bonds is 3. The fraction of sp³-hybridized carbons (Fsp3) is 0.385. The molecule has 1 aromatic carbocycles. The van der Waals surface area contributed by atoms with Crippen molar-refractivity contribution in [3.63, 3.8) is 0 Å². The standard InChI is InChI=1S/C13H15ClN4S/c14-11-4-3-5-12(8-11)17-9-15-18(13(17)19)10-16-6-1-2-7-16/h3-5,8-9H,1-2,6-7,10H2. The molecule has 100 valence electrons. The Hall–Kier alpha value is -1.17. The van der Waals surface area contributed by atoms with Gasteiger partial charge in [0.1, 0.15) is 6.33 Å². The third-order valence-corrected chi connectivity index (χ3v) is 3.99. The Morgan fingerprint density at radius 1 is 1.26 bits per heavy atom. The molecule has 0 bridgehead atoms. The van der Waals surface area contributed by atoms with Gasteiger partial charge in [-0.25, -0.2) is 4.68 Å². The molecule has 0 N–H and O–H groups in total. The largest absolute Gasteiger partial charge is 0.284 e. The highest BCUT2D eigenvalue weighted by atomic mass is 35.5. The van der Waals surface area contributed by atoms with Gasteiger partial charge in [-0.1, -0.05) is 17.7 Å². The predicted octanol–water partition coefficient (Wildman–Crippen LogP) is 3.11. The molecule has 2 heterocycles. The summed E-state index contributed by atoms with van der Waals surface area (Å²) >= 11 is 11.5. The molecule has 4 nitrogen and oxygen atoms in total. The van der Waals surface area contributed by atoms with Crippen molar-refractivity contribution in [1.82, 2.24) is 19.2 Å². The zero-order valence-electron chi connectivity index (χ0n) is 10.5. The second-order valence-corrected chi connectivity index (χ2v) is 5.53. The van der Waals surface area contributed by atoms with E-state index in [2.05, 4.69) is 10.00 Å². The summed E-state index contributed by atoms with van der Waals surface area (Å²) in [6.07, 6.45) is 4.29. The summed E-state index contributed by atoms with van der Waals surface area (Å²) in [6.45, 7) is 3.03. The minimum Gasteiger partial charge on any atom is -0.284 e. The van der Waals surface area contributed by atoms with Crippen LogP contribution < -0.4 is 0 Å². The lowest BCUT2D eigenvalue weighted by atomic mass is 10.3. The Labute approximate surface area is 122 Å². The molecular weight excluding hydrogens is 280 g/mol. The topological polar surface area (TPSA) is 26.0 Å². The SMILES string of the molecule is S=c1n(-c2cccc(Cl)c2)cnn1CN1CCCC1. The molecule has 1 aliphatic rings. The average molecular weight is 295 g/mol. The third-order valence-electron chi connectivity index (χ3n) is 3.35. The van der Waals surface area contributed by atoms with Crippen LogP contribution in [0.2, 0.25) is 5.02 Å². The number of likely N-dealkylation sites (tertiary alicyclic amines) is 1. The van der Waals surface area contributed by atoms with Crippen LogP contribution in [0, 0.1) is 4.77 Å². The van der Waals surface area contributed by atoms with Gasteiger partial charge in [-0.2, -0.15) is 5.10 Å². The molecule has 0 radical (unpaired) electrons. The maximum atomic E-state index is 6.01. The first-order chi connectivity index (χ1) is 9.24. The summed E-state index contributed by atoms with van der Waals surface area (Å²) in [5, 5.41) is 5.08. The second-order valence-electron chi connectivity index (χ2n) is 4.73. The highest BCUT2D eigenvalue weighted by molar-refractivity contribution is 7.71. The van der Waals surface area contributed by atoms with Crippen molar-refractivity contribution in [3.05, 3.63) is 40.4 Å². The van der Waals surface area contributed by atoms with E-state index in [4.69, 9.17) is 23.8 Å². The lowest BCUT2D eigenvalue weighted by molar-refractivity contribution is 0.253. The summed E-state index contributed by atoms with van der Waals surface area (Å²) in [5.74, 6) is 0. The van der Waals surface area contributed by atoms with Gasteiger partial charge >= 0.3 is 0 Å². The van der Waals surface area contributed by atoms with Gasteiger partial charge in [-0.3, -0.25) is 9.47 Å². The van der Waals surface area contributed by atoms with Crippen molar-refractivity contribution < 1.29 is 0 Å². The van der Waals surface area contributed by atoms with Gasteiger partial charge in [0.25, 0.3) is 0 Å². The van der Waals surface area contributed by atoms with E-state index in [0.717, 1.165) is 25.4 Å². The Morgan fingerprint density at radius 2 is 2.05 bits per heavy atom. The monoisotopic (exact) mass is 294 g/mol. The van der Waals surface area contributed by atoms with E-state index < -0.39 is 0 Å². The quantitative estimate of drug-likeness (QED) is 0.814. The molecule has 1 fully saturated rings. The summed E-state index contributed by atoms with van der Waals surface area (Å²) in [6, 6.07) is 7.63. The van der Waals surface area contributed by atoms with Gasteiger partial charge in [0, 0.05) is 5.02 Å². The molecule has 1 aliphatic heterocycles. The molecule has 6 heteroatoms. The molecule has 0 spiro atoms. The average Bonchev–Trinajstić information content (AvgIpc) is 3.01. The second kappa shape index (κ2) is 5.45. The minimum absolute atomic E-state index is 0.701. The number of halogens is 1. The fourth-order valence-electron chi connectivity index (χ4n) is 2.35. The van der Waals surface area contributed by atoms with Crippen molar-refractivity contribution >= 4 is 23.8 Å². The van der Waals surface area contributed by atoms with Crippen LogP contribution in [0.25, 0.3) is 5.69 Å². The van der Waals surface area contributed by atoms with Crippen LogP contribution in [0.4, 0.5) is 0 Å². The molecule has 1 aromatic heterocycles. The van der Waals surface area contributed by atoms with E-state index in [9.17, 15) is 0 Å². The Balaban J connectivity index is 1.88. The van der Waals surface area contributed by atoms with Crippen molar-refractivity contribution in [2.24, 2.45) is 0 Å². The molecular formula is C13H15ClN4S. The van der Waals surface area contributed by atoms with Crippen molar-refractivity contribution in [2.45, 2.75) is 19.5 Å². The predicted molar refractivity (Wildman–Crippen MR) is 78.2 cm³/mol. The van der Waals surface area contributed by atoms with E-state index in [1.165, 1.54) is 12.8 Å². The molecule has 3 rings (SSSR count). The highest BCUT2D eigenvalue weighted by Gasteiger charge is 2.13. The van der Waals surface area contributed by atoms with Crippen LogP contribution in [0.15, 0.2) is 30.6 Å². The van der Waals surface area contributed by atoms with E-state index in [1.54, 1.807) is 6.33 Å². The van der Waals surface area contributed by atoms with Crippen LogP contribution in [0.3, 0.4) is 0 Å². The van der Waals surface area contributed by atoms with E-state index >= 15 is 0 Å². The van der Waals surface area contributed by atoms with Gasteiger partial charge in [0.05, 0.1) is 12.4 Å². The van der Waals surface area contributed by atoms with E-state index in [1.807, 2.05) is 33.5 Å². The highest BCUT2D eigenvalue weighted by Crippen LogP contribution is 2.15. The first kappa shape index (κ1) is 12.8. The number of aromatic nitrogens is 3. The molecule has 1 saturated heterocycles. The van der Waals surface area contributed by atoms with Crippen molar-refractivity contribution in [3.8, 4) is 5.69 Å². The van der Waals surface area contributed by atoms with Crippen molar-refractivity contribution in [1.29, 1.82) is 0 Å². The summed E-state index contributed by atoms with van der Waals surface area (Å²) in [5.41, 5.74) is 0.949. The first-order valence-corrected chi connectivity index (χ1v) is 7.15. The third kappa shape index (κ3) is 2.73. The lowest BCUT2D eigenvalue weighted by Crippen LogP contribution is -2.23. The number of hydrogen-bond donors (Lipinski definition) is 0. The molecule has 0 atom stereocenters. The van der Waals surface area contributed by atoms with Crippen LogP contribution >= 0.6 is 23.8 Å². The number of nitrogens with zero attached hydrogens (tertiary/aromatic N) is 4. The van der Waals surface area contributed by atoms with E-state index in [-0.39, 0.29) is 0 Å². The number of hydrogen-bond acceptors (Lipinski definition) is 3.